The van der Waals surface area contributed by atoms with Crippen LogP contribution < -0.4 is 0 Å². The summed E-state index contributed by atoms with van der Waals surface area (Å²) in [5, 5.41) is 4.05. The van der Waals surface area contributed by atoms with Gasteiger partial charge in [-0.1, -0.05) is 51.1 Å². The normalized spacial score (nSPS) is 14.3. The average molecular weight is 423 g/mol. The number of aryl methyl sites for hydroxylation is 1. The highest BCUT2D eigenvalue weighted by molar-refractivity contribution is 6.16. The van der Waals surface area contributed by atoms with E-state index in [9.17, 15) is 0 Å². The van der Waals surface area contributed by atoms with Crippen molar-refractivity contribution >= 4 is 43.9 Å². The predicted octanol–water partition coefficient (Wildman–Crippen LogP) is 8.44. The number of hydrogen-bond acceptors (Lipinski definition) is 3. The average Bonchev–Trinajstić information content (AvgIpc) is 3.33. The summed E-state index contributed by atoms with van der Waals surface area (Å²) in [7, 11) is 0. The highest BCUT2D eigenvalue weighted by Crippen LogP contribution is 2.39. The lowest BCUT2D eigenvalue weighted by Crippen LogP contribution is -2.10. The molecule has 158 valence electrons. The van der Waals surface area contributed by atoms with E-state index in [1.807, 2.05) is 42.5 Å². The zero-order valence-electron chi connectivity index (χ0n) is 21.3. The first-order chi connectivity index (χ1) is 16.6. The van der Waals surface area contributed by atoms with Gasteiger partial charge in [-0.15, -0.1) is 0 Å². The van der Waals surface area contributed by atoms with Crippen molar-refractivity contribution in [2.75, 3.05) is 0 Å². The van der Waals surface area contributed by atoms with Crippen molar-refractivity contribution in [1.29, 1.82) is 0 Å². The number of fused-ring (bicyclic) bond motifs is 6. The fourth-order valence-corrected chi connectivity index (χ4v) is 4.56. The van der Waals surface area contributed by atoms with Gasteiger partial charge < -0.3 is 8.83 Å². The van der Waals surface area contributed by atoms with E-state index in [1.54, 1.807) is 12.3 Å². The minimum absolute atomic E-state index is 0.0525. The molecule has 0 spiro atoms. The Morgan fingerprint density at radius 1 is 0.812 bits per heavy atom. The number of rotatable bonds is 2. The summed E-state index contributed by atoms with van der Waals surface area (Å²) in [4.78, 5) is 4.69. The summed E-state index contributed by atoms with van der Waals surface area (Å²) < 4.78 is 36.8. The maximum Gasteiger partial charge on any atom is 0.144 e. The van der Waals surface area contributed by atoms with Gasteiger partial charge in [0.2, 0.25) is 0 Å². The van der Waals surface area contributed by atoms with Crippen molar-refractivity contribution in [2.45, 2.75) is 34.0 Å². The number of hydrogen-bond donors (Lipinski definition) is 0. The summed E-state index contributed by atoms with van der Waals surface area (Å²) in [6, 6.07) is 19.7. The van der Waals surface area contributed by atoms with Crippen LogP contribution in [0.5, 0.6) is 0 Å². The lowest BCUT2D eigenvalue weighted by Gasteiger charge is -2.19. The van der Waals surface area contributed by atoms with Gasteiger partial charge in [0.05, 0.1) is 5.69 Å². The molecule has 0 N–H and O–H groups in total. The van der Waals surface area contributed by atoms with Crippen LogP contribution in [0.2, 0.25) is 0 Å². The second-order valence-corrected chi connectivity index (χ2v) is 9.69. The standard InChI is InChI=1S/C29H25NO2/c1-17-12-24(30-16-18(17)15-29(2,3)4)21-10-7-9-20-23-13-22-19-8-5-6-11-25(19)31-26(22)14-27(23)32-28(20)21/h5-14,16H,15H2,1-4H3/i1D3. The molecule has 0 aliphatic carbocycles. The fraction of sp³-hybridized carbons (Fsp3) is 0.207. The van der Waals surface area contributed by atoms with Crippen molar-refractivity contribution in [3.63, 3.8) is 0 Å². The van der Waals surface area contributed by atoms with E-state index in [2.05, 4.69) is 37.9 Å². The molecule has 0 atom stereocenters. The second-order valence-electron chi connectivity index (χ2n) is 9.69. The van der Waals surface area contributed by atoms with Crippen LogP contribution >= 0.6 is 0 Å². The third-order valence-electron chi connectivity index (χ3n) is 5.98. The lowest BCUT2D eigenvalue weighted by molar-refractivity contribution is 0.410. The van der Waals surface area contributed by atoms with Crippen molar-refractivity contribution < 1.29 is 12.9 Å². The highest BCUT2D eigenvalue weighted by Gasteiger charge is 2.18. The zero-order valence-corrected chi connectivity index (χ0v) is 18.3. The van der Waals surface area contributed by atoms with E-state index in [0.717, 1.165) is 49.4 Å². The minimum atomic E-state index is -2.23. The van der Waals surface area contributed by atoms with Gasteiger partial charge in [-0.05, 0) is 54.1 Å². The Hall–Kier alpha value is -3.59. The first kappa shape index (κ1) is 16.1. The molecular weight excluding hydrogens is 394 g/mol. The van der Waals surface area contributed by atoms with Crippen LogP contribution in [-0.2, 0) is 6.42 Å². The Labute approximate surface area is 190 Å². The molecule has 0 saturated carbocycles. The third-order valence-corrected chi connectivity index (χ3v) is 5.98. The molecular formula is C29H25NO2. The summed E-state index contributed by atoms with van der Waals surface area (Å²) in [5.41, 5.74) is 5.43. The van der Waals surface area contributed by atoms with E-state index in [4.69, 9.17) is 12.9 Å². The number of aromatic nitrogens is 1. The van der Waals surface area contributed by atoms with Crippen LogP contribution in [0.1, 0.15) is 36.0 Å². The van der Waals surface area contributed by atoms with E-state index >= 15 is 0 Å². The second kappa shape index (κ2) is 6.70. The maximum absolute atomic E-state index is 8.13. The van der Waals surface area contributed by atoms with Gasteiger partial charge in [0.1, 0.15) is 22.3 Å². The smallest absolute Gasteiger partial charge is 0.144 e. The largest absolute Gasteiger partial charge is 0.456 e. The van der Waals surface area contributed by atoms with Crippen LogP contribution in [0.4, 0.5) is 0 Å². The van der Waals surface area contributed by atoms with E-state index in [1.165, 1.54) is 0 Å². The molecule has 0 radical (unpaired) electrons. The molecule has 0 aliphatic heterocycles. The van der Waals surface area contributed by atoms with E-state index < -0.39 is 6.85 Å². The summed E-state index contributed by atoms with van der Waals surface area (Å²) in [5.74, 6) is 0. The highest BCUT2D eigenvalue weighted by atomic mass is 16.3. The van der Waals surface area contributed by atoms with E-state index in [0.29, 0.717) is 23.3 Å². The Morgan fingerprint density at radius 2 is 1.59 bits per heavy atom. The molecule has 3 nitrogen and oxygen atoms in total. The molecule has 0 fully saturated rings. The molecule has 3 aromatic carbocycles. The van der Waals surface area contributed by atoms with E-state index in [-0.39, 0.29) is 5.41 Å². The number of pyridine rings is 1. The van der Waals surface area contributed by atoms with Gasteiger partial charge >= 0.3 is 0 Å². The Kier molecular flexibility index (Phi) is 3.37. The first-order valence-electron chi connectivity index (χ1n) is 12.3. The summed E-state index contributed by atoms with van der Waals surface area (Å²) >= 11 is 0. The lowest BCUT2D eigenvalue weighted by atomic mass is 9.87. The molecule has 0 amide bonds. The van der Waals surface area contributed by atoms with Crippen molar-refractivity contribution in [3.05, 3.63) is 78.0 Å². The fourth-order valence-electron chi connectivity index (χ4n) is 4.56. The van der Waals surface area contributed by atoms with Crippen molar-refractivity contribution in [2.24, 2.45) is 5.41 Å². The van der Waals surface area contributed by atoms with Gasteiger partial charge in [0.15, 0.2) is 0 Å². The number of furan rings is 2. The monoisotopic (exact) mass is 422 g/mol. The predicted molar refractivity (Wildman–Crippen MR) is 132 cm³/mol. The number of nitrogens with zero attached hydrogens (tertiary/aromatic N) is 1. The molecule has 3 aromatic heterocycles. The topological polar surface area (TPSA) is 39.2 Å². The van der Waals surface area contributed by atoms with Crippen LogP contribution in [0, 0.1) is 12.3 Å². The van der Waals surface area contributed by atoms with Crippen molar-refractivity contribution in [3.8, 4) is 11.3 Å². The maximum atomic E-state index is 8.13. The van der Waals surface area contributed by atoms with Gasteiger partial charge in [-0.25, -0.2) is 0 Å². The molecule has 32 heavy (non-hydrogen) atoms. The Balaban J connectivity index is 1.57. The van der Waals surface area contributed by atoms with Gasteiger partial charge in [-0.3, -0.25) is 4.98 Å². The van der Waals surface area contributed by atoms with Crippen LogP contribution in [0.25, 0.3) is 55.1 Å². The third kappa shape index (κ3) is 3.00. The van der Waals surface area contributed by atoms with Gasteiger partial charge in [0.25, 0.3) is 0 Å². The van der Waals surface area contributed by atoms with Crippen molar-refractivity contribution in [1.82, 2.24) is 4.98 Å². The molecule has 3 heteroatoms. The molecule has 0 aliphatic rings. The van der Waals surface area contributed by atoms with Crippen LogP contribution in [0.3, 0.4) is 0 Å². The Morgan fingerprint density at radius 3 is 2.44 bits per heavy atom. The zero-order chi connectivity index (χ0) is 24.5. The van der Waals surface area contributed by atoms with Crippen LogP contribution in [0.15, 0.2) is 75.7 Å². The molecule has 0 bridgehead atoms. The Bertz CT molecular complexity index is 1750. The van der Waals surface area contributed by atoms with Gasteiger partial charge in [0, 0.05) is 43.5 Å². The molecule has 6 rings (SSSR count). The number of benzene rings is 3. The first-order valence-corrected chi connectivity index (χ1v) is 10.8. The number of para-hydroxylation sites is 2. The summed E-state index contributed by atoms with van der Waals surface area (Å²) in [6.07, 6.45) is 2.35. The quantitative estimate of drug-likeness (QED) is 0.281. The molecule has 3 heterocycles. The summed E-state index contributed by atoms with van der Waals surface area (Å²) in [6.45, 7) is 4.06. The van der Waals surface area contributed by atoms with Gasteiger partial charge in [-0.2, -0.15) is 0 Å². The SMILES string of the molecule is [2H]C([2H])([2H])c1cc(-c2cccc3c2oc2cc4oc5ccccc5c4cc23)ncc1CC(C)(C)C. The molecule has 6 aromatic rings. The molecule has 0 saturated heterocycles. The molecule has 0 unspecified atom stereocenters. The minimum Gasteiger partial charge on any atom is -0.456 e. The van der Waals surface area contributed by atoms with Crippen LogP contribution in [-0.4, -0.2) is 4.98 Å².